The van der Waals surface area contributed by atoms with Crippen molar-refractivity contribution in [3.63, 3.8) is 0 Å². The van der Waals surface area contributed by atoms with Gasteiger partial charge in [-0.1, -0.05) is 12.1 Å². The van der Waals surface area contributed by atoms with Gasteiger partial charge in [0.1, 0.15) is 11.5 Å². The molecule has 0 bridgehead atoms. The van der Waals surface area contributed by atoms with Gasteiger partial charge in [-0.2, -0.15) is 0 Å². The Morgan fingerprint density at radius 1 is 0.964 bits per heavy atom. The highest BCUT2D eigenvalue weighted by molar-refractivity contribution is 6.46. The van der Waals surface area contributed by atoms with Crippen LogP contribution in [0.25, 0.3) is 5.76 Å². The van der Waals surface area contributed by atoms with Crippen LogP contribution < -0.4 is 14.2 Å². The van der Waals surface area contributed by atoms with Crippen molar-refractivity contribution in [2.45, 2.75) is 6.04 Å². The Hall–Kier alpha value is -3.48. The molecular formula is C21H21NO6. The van der Waals surface area contributed by atoms with Crippen LogP contribution in [-0.4, -0.2) is 50.1 Å². The third-order valence-electron chi connectivity index (χ3n) is 4.74. The molecule has 0 unspecified atom stereocenters. The van der Waals surface area contributed by atoms with E-state index in [0.29, 0.717) is 28.4 Å². The van der Waals surface area contributed by atoms with Crippen molar-refractivity contribution in [2.75, 3.05) is 28.4 Å². The number of hydrogen-bond donors (Lipinski definition) is 1. The lowest BCUT2D eigenvalue weighted by Crippen LogP contribution is -2.24. The van der Waals surface area contributed by atoms with Crippen molar-refractivity contribution in [3.05, 3.63) is 59.2 Å². The molecule has 1 fully saturated rings. The Bertz CT molecular complexity index is 965. The maximum atomic E-state index is 12.7. The average Bonchev–Trinajstić information content (AvgIpc) is 2.96. The fraction of sp³-hybridized carbons (Fsp3) is 0.238. The van der Waals surface area contributed by atoms with E-state index < -0.39 is 17.7 Å². The van der Waals surface area contributed by atoms with Crippen LogP contribution in [0.15, 0.2) is 48.0 Å². The summed E-state index contributed by atoms with van der Waals surface area (Å²) in [4.78, 5) is 26.3. The first-order valence-corrected chi connectivity index (χ1v) is 8.53. The number of methoxy groups -OCH3 is 3. The third-order valence-corrected chi connectivity index (χ3v) is 4.74. The smallest absolute Gasteiger partial charge is 0.295 e. The molecule has 0 aromatic heterocycles. The summed E-state index contributed by atoms with van der Waals surface area (Å²) in [5.41, 5.74) is 1.01. The van der Waals surface area contributed by atoms with E-state index in [1.807, 2.05) is 0 Å². The second kappa shape index (κ2) is 7.64. The number of nitrogens with zero attached hydrogens (tertiary/aromatic N) is 1. The number of amides is 1. The van der Waals surface area contributed by atoms with Gasteiger partial charge in [0.05, 0.1) is 32.9 Å². The molecule has 1 aliphatic heterocycles. The summed E-state index contributed by atoms with van der Waals surface area (Å²) in [6, 6.07) is 11.1. The number of rotatable bonds is 5. The molecule has 1 aliphatic rings. The van der Waals surface area contributed by atoms with Crippen LogP contribution in [0.4, 0.5) is 0 Å². The molecule has 1 atom stereocenters. The minimum Gasteiger partial charge on any atom is -0.507 e. The van der Waals surface area contributed by atoms with Crippen LogP contribution in [0.5, 0.6) is 17.2 Å². The van der Waals surface area contributed by atoms with Gasteiger partial charge >= 0.3 is 0 Å². The molecule has 0 aliphatic carbocycles. The molecule has 1 amide bonds. The number of Topliss-reactive ketones (excluding diaryl/α,β-unsaturated/α-hetero) is 1. The molecule has 3 rings (SSSR count). The lowest BCUT2D eigenvalue weighted by molar-refractivity contribution is -0.139. The molecule has 7 nitrogen and oxygen atoms in total. The van der Waals surface area contributed by atoms with E-state index in [1.54, 1.807) is 42.5 Å². The molecular weight excluding hydrogens is 362 g/mol. The van der Waals surface area contributed by atoms with E-state index in [2.05, 4.69) is 0 Å². The van der Waals surface area contributed by atoms with Crippen molar-refractivity contribution in [1.82, 2.24) is 4.90 Å². The maximum Gasteiger partial charge on any atom is 0.295 e. The lowest BCUT2D eigenvalue weighted by Gasteiger charge is -2.21. The summed E-state index contributed by atoms with van der Waals surface area (Å²) in [6.45, 7) is 0. The highest BCUT2D eigenvalue weighted by Crippen LogP contribution is 2.40. The zero-order valence-corrected chi connectivity index (χ0v) is 16.1. The van der Waals surface area contributed by atoms with Gasteiger partial charge in [0, 0.05) is 12.6 Å². The molecule has 1 heterocycles. The van der Waals surface area contributed by atoms with E-state index >= 15 is 0 Å². The number of likely N-dealkylation sites (N-methyl/N-ethyl adjacent to an activating group) is 1. The second-order valence-corrected chi connectivity index (χ2v) is 6.26. The molecule has 2 aromatic rings. The molecule has 146 valence electrons. The number of ketones is 1. The van der Waals surface area contributed by atoms with E-state index in [0.717, 1.165) is 0 Å². The van der Waals surface area contributed by atoms with Crippen LogP contribution in [0, 0.1) is 0 Å². The molecule has 1 saturated heterocycles. The van der Waals surface area contributed by atoms with Gasteiger partial charge in [-0.3, -0.25) is 9.59 Å². The predicted octanol–water partition coefficient (Wildman–Crippen LogP) is 2.76. The lowest BCUT2D eigenvalue weighted by atomic mass is 9.95. The van der Waals surface area contributed by atoms with Gasteiger partial charge < -0.3 is 24.2 Å². The standard InChI is InChI=1S/C21H21NO6/c1-22-18(12-6-5-7-14(10-12)26-2)17(20(24)21(22)25)19(23)13-8-9-15(27-3)16(11-13)28-4/h5-11,18,23H,1-4H3/t18-/m1/s1. The minimum atomic E-state index is -0.748. The average molecular weight is 383 g/mol. The van der Waals surface area contributed by atoms with Crippen molar-refractivity contribution >= 4 is 17.4 Å². The fourth-order valence-electron chi connectivity index (χ4n) is 3.29. The number of likely N-dealkylation sites (tertiary alicyclic amines) is 1. The first kappa shape index (κ1) is 19.3. The molecule has 0 radical (unpaired) electrons. The van der Waals surface area contributed by atoms with Gasteiger partial charge in [0.15, 0.2) is 11.5 Å². The van der Waals surface area contributed by atoms with Crippen molar-refractivity contribution in [1.29, 1.82) is 0 Å². The van der Waals surface area contributed by atoms with Crippen LogP contribution >= 0.6 is 0 Å². The van der Waals surface area contributed by atoms with Gasteiger partial charge in [-0.05, 0) is 35.9 Å². The molecule has 0 saturated carbocycles. The maximum absolute atomic E-state index is 12.7. The summed E-state index contributed by atoms with van der Waals surface area (Å²) in [5, 5.41) is 10.9. The summed E-state index contributed by atoms with van der Waals surface area (Å²) in [7, 11) is 6.04. The van der Waals surface area contributed by atoms with Crippen LogP contribution in [0.2, 0.25) is 0 Å². The number of carbonyl (C=O) groups excluding carboxylic acids is 2. The van der Waals surface area contributed by atoms with Crippen LogP contribution in [0.1, 0.15) is 17.2 Å². The normalized spacial score (nSPS) is 18.3. The predicted molar refractivity (Wildman–Crippen MR) is 103 cm³/mol. The Kier molecular flexibility index (Phi) is 5.26. The first-order valence-electron chi connectivity index (χ1n) is 8.53. The molecule has 28 heavy (non-hydrogen) atoms. The van der Waals surface area contributed by atoms with Crippen molar-refractivity contribution in [3.8, 4) is 17.2 Å². The quantitative estimate of drug-likeness (QED) is 0.485. The minimum absolute atomic E-state index is 0.00738. The Morgan fingerprint density at radius 3 is 2.32 bits per heavy atom. The molecule has 1 N–H and O–H groups in total. The largest absolute Gasteiger partial charge is 0.507 e. The summed E-state index contributed by atoms with van der Waals surface area (Å²) >= 11 is 0. The monoisotopic (exact) mass is 383 g/mol. The topological polar surface area (TPSA) is 85.3 Å². The van der Waals surface area contributed by atoms with E-state index in [-0.39, 0.29) is 11.3 Å². The van der Waals surface area contributed by atoms with Crippen molar-refractivity contribution in [2.24, 2.45) is 0 Å². The Morgan fingerprint density at radius 2 is 1.68 bits per heavy atom. The van der Waals surface area contributed by atoms with E-state index in [9.17, 15) is 14.7 Å². The number of aliphatic hydroxyl groups excluding tert-OH is 1. The van der Waals surface area contributed by atoms with Gasteiger partial charge in [-0.15, -0.1) is 0 Å². The number of ether oxygens (including phenoxy) is 3. The first-order chi connectivity index (χ1) is 13.4. The Labute approximate surface area is 162 Å². The van der Waals surface area contributed by atoms with Gasteiger partial charge in [0.2, 0.25) is 0 Å². The summed E-state index contributed by atoms with van der Waals surface area (Å²) < 4.78 is 15.7. The van der Waals surface area contributed by atoms with Crippen LogP contribution in [0.3, 0.4) is 0 Å². The van der Waals surface area contributed by atoms with Crippen LogP contribution in [-0.2, 0) is 9.59 Å². The number of carbonyl (C=O) groups is 2. The molecule has 0 spiro atoms. The number of benzene rings is 2. The van der Waals surface area contributed by atoms with Crippen molar-refractivity contribution < 1.29 is 28.9 Å². The summed E-state index contributed by atoms with van der Waals surface area (Å²) in [5.74, 6) is -0.244. The fourth-order valence-corrected chi connectivity index (χ4v) is 3.29. The zero-order chi connectivity index (χ0) is 20.4. The van der Waals surface area contributed by atoms with E-state index in [1.165, 1.54) is 33.3 Å². The SMILES string of the molecule is COc1cccc([C@@H]2C(=C(O)c3ccc(OC)c(OC)c3)C(=O)C(=O)N2C)c1. The molecule has 2 aromatic carbocycles. The highest BCUT2D eigenvalue weighted by Gasteiger charge is 2.44. The number of hydrogen-bond acceptors (Lipinski definition) is 6. The molecule has 7 heteroatoms. The third kappa shape index (κ3) is 3.15. The second-order valence-electron chi connectivity index (χ2n) is 6.26. The van der Waals surface area contributed by atoms with E-state index in [4.69, 9.17) is 14.2 Å². The van der Waals surface area contributed by atoms with Gasteiger partial charge in [0.25, 0.3) is 11.7 Å². The Balaban J connectivity index is 2.17. The highest BCUT2D eigenvalue weighted by atomic mass is 16.5. The zero-order valence-electron chi connectivity index (χ0n) is 16.1. The summed E-state index contributed by atoms with van der Waals surface area (Å²) in [6.07, 6.45) is 0. The number of aliphatic hydroxyl groups is 1. The van der Waals surface area contributed by atoms with Gasteiger partial charge in [-0.25, -0.2) is 0 Å².